The lowest BCUT2D eigenvalue weighted by Gasteiger charge is -2.14. The van der Waals surface area contributed by atoms with Crippen molar-refractivity contribution in [2.45, 2.75) is 12.1 Å². The number of ether oxygens (including phenoxy) is 3. The van der Waals surface area contributed by atoms with E-state index in [0.717, 1.165) is 0 Å². The predicted octanol–water partition coefficient (Wildman–Crippen LogP) is -1.03. The minimum atomic E-state index is -0.243. The summed E-state index contributed by atoms with van der Waals surface area (Å²) in [6.07, 6.45) is 0.0552. The first-order chi connectivity index (χ1) is 5.92. The zero-order valence-corrected chi connectivity index (χ0v) is 6.81. The average Bonchev–Trinajstić information content (AvgIpc) is 2.62. The molecule has 0 saturated carbocycles. The zero-order chi connectivity index (χ0) is 8.39. The second-order valence-corrected chi connectivity index (χ2v) is 2.99. The van der Waals surface area contributed by atoms with Crippen molar-refractivity contribution in [3.63, 3.8) is 0 Å². The van der Waals surface area contributed by atoms with Gasteiger partial charge < -0.3 is 19.3 Å². The van der Waals surface area contributed by atoms with E-state index in [1.54, 1.807) is 0 Å². The Balaban J connectivity index is 1.83. The number of rotatable bonds is 3. The van der Waals surface area contributed by atoms with E-state index in [1.165, 1.54) is 0 Å². The van der Waals surface area contributed by atoms with Crippen molar-refractivity contribution in [1.82, 2.24) is 4.90 Å². The molecule has 0 aromatic rings. The minimum Gasteiger partial charge on any atom is -0.371 e. The monoisotopic (exact) mass is 175 g/mol. The highest BCUT2D eigenvalue weighted by molar-refractivity contribution is 4.85. The quantitative estimate of drug-likeness (QED) is 0.556. The highest BCUT2D eigenvalue weighted by atomic mass is 16.6. The maximum absolute atomic E-state index is 8.44. The zero-order valence-electron chi connectivity index (χ0n) is 6.81. The van der Waals surface area contributed by atoms with Crippen LogP contribution in [0.3, 0.4) is 0 Å². The van der Waals surface area contributed by atoms with E-state index >= 15 is 0 Å². The van der Waals surface area contributed by atoms with E-state index in [0.29, 0.717) is 32.7 Å². The Kier molecular flexibility index (Phi) is 2.57. The van der Waals surface area contributed by atoms with Gasteiger partial charge in [-0.3, -0.25) is 0 Å². The SMILES string of the molecule is OCOCC1OCN2COCC12. The summed E-state index contributed by atoms with van der Waals surface area (Å²) in [6, 6.07) is 0.316. The molecule has 0 spiro atoms. The van der Waals surface area contributed by atoms with Gasteiger partial charge in [0.05, 0.1) is 19.3 Å². The lowest BCUT2D eigenvalue weighted by atomic mass is 10.2. The molecule has 2 heterocycles. The molecule has 0 amide bonds. The van der Waals surface area contributed by atoms with Crippen LogP contribution in [0.5, 0.6) is 0 Å². The topological polar surface area (TPSA) is 51.2 Å². The standard InChI is InChI=1S/C7H13NO4/c9-5-11-2-7-6-1-10-3-8(6)4-12-7/h6-7,9H,1-5H2. The van der Waals surface area contributed by atoms with Gasteiger partial charge in [0.1, 0.15) is 26.4 Å². The van der Waals surface area contributed by atoms with Gasteiger partial charge in [-0.15, -0.1) is 0 Å². The fraction of sp³-hybridized carbons (Fsp3) is 1.00. The third kappa shape index (κ3) is 1.46. The first kappa shape index (κ1) is 8.40. The van der Waals surface area contributed by atoms with Crippen LogP contribution in [0, 0.1) is 0 Å². The van der Waals surface area contributed by atoms with Gasteiger partial charge >= 0.3 is 0 Å². The third-order valence-electron chi connectivity index (χ3n) is 2.27. The van der Waals surface area contributed by atoms with Crippen LogP contribution in [-0.2, 0) is 14.2 Å². The van der Waals surface area contributed by atoms with Crippen molar-refractivity contribution in [2.24, 2.45) is 0 Å². The summed E-state index contributed by atoms with van der Waals surface area (Å²) in [6.45, 7) is 2.18. The van der Waals surface area contributed by atoms with Gasteiger partial charge in [0.2, 0.25) is 0 Å². The van der Waals surface area contributed by atoms with Crippen LogP contribution < -0.4 is 0 Å². The number of nitrogens with zero attached hydrogens (tertiary/aromatic N) is 1. The summed E-state index contributed by atoms with van der Waals surface area (Å²) in [7, 11) is 0. The van der Waals surface area contributed by atoms with Crippen molar-refractivity contribution in [1.29, 1.82) is 0 Å². The molecule has 0 aromatic heterocycles. The summed E-state index contributed by atoms with van der Waals surface area (Å²) in [4.78, 5) is 2.12. The molecule has 2 aliphatic rings. The first-order valence-corrected chi connectivity index (χ1v) is 4.04. The average molecular weight is 175 g/mol. The Morgan fingerprint density at radius 2 is 2.42 bits per heavy atom. The summed E-state index contributed by atoms with van der Waals surface area (Å²) in [5, 5.41) is 8.44. The molecule has 12 heavy (non-hydrogen) atoms. The fourth-order valence-corrected chi connectivity index (χ4v) is 1.60. The fourth-order valence-electron chi connectivity index (χ4n) is 1.60. The Labute approximate surface area is 70.8 Å². The molecule has 1 N–H and O–H groups in total. The molecule has 2 saturated heterocycles. The lowest BCUT2D eigenvalue weighted by Crippen LogP contribution is -2.34. The van der Waals surface area contributed by atoms with Gasteiger partial charge in [-0.05, 0) is 0 Å². The molecule has 2 unspecified atom stereocenters. The minimum absolute atomic E-state index is 0.0552. The second kappa shape index (κ2) is 3.68. The number of hydrogen-bond donors (Lipinski definition) is 1. The Morgan fingerprint density at radius 3 is 3.25 bits per heavy atom. The molecule has 2 aliphatic heterocycles. The third-order valence-corrected chi connectivity index (χ3v) is 2.27. The molecule has 2 atom stereocenters. The molecule has 2 fully saturated rings. The molecular formula is C7H13NO4. The molecule has 0 aromatic carbocycles. The molecular weight excluding hydrogens is 162 g/mol. The van der Waals surface area contributed by atoms with Crippen molar-refractivity contribution in [3.05, 3.63) is 0 Å². The van der Waals surface area contributed by atoms with E-state index < -0.39 is 0 Å². The van der Waals surface area contributed by atoms with E-state index in [4.69, 9.17) is 19.3 Å². The molecule has 0 bridgehead atoms. The van der Waals surface area contributed by atoms with Crippen LogP contribution in [0.25, 0.3) is 0 Å². The number of hydrogen-bond acceptors (Lipinski definition) is 5. The van der Waals surface area contributed by atoms with Crippen molar-refractivity contribution < 1.29 is 19.3 Å². The van der Waals surface area contributed by atoms with E-state index in [9.17, 15) is 0 Å². The van der Waals surface area contributed by atoms with Crippen molar-refractivity contribution in [3.8, 4) is 0 Å². The second-order valence-electron chi connectivity index (χ2n) is 2.99. The highest BCUT2D eigenvalue weighted by Gasteiger charge is 2.39. The van der Waals surface area contributed by atoms with Gasteiger partial charge in [-0.2, -0.15) is 0 Å². The normalized spacial score (nSPS) is 35.8. The molecule has 0 radical (unpaired) electrons. The maximum atomic E-state index is 8.44. The van der Waals surface area contributed by atoms with Crippen molar-refractivity contribution in [2.75, 3.05) is 33.5 Å². The summed E-state index contributed by atoms with van der Waals surface area (Å²) in [5.41, 5.74) is 0. The first-order valence-electron chi connectivity index (χ1n) is 4.04. The van der Waals surface area contributed by atoms with E-state index in [1.807, 2.05) is 0 Å². The number of aliphatic hydroxyl groups excluding tert-OH is 1. The lowest BCUT2D eigenvalue weighted by molar-refractivity contribution is -0.0570. The van der Waals surface area contributed by atoms with Gasteiger partial charge in [-0.25, -0.2) is 4.90 Å². The maximum Gasteiger partial charge on any atom is 0.143 e. The van der Waals surface area contributed by atoms with Crippen LogP contribution in [0.1, 0.15) is 0 Å². The van der Waals surface area contributed by atoms with E-state index in [-0.39, 0.29) is 12.9 Å². The van der Waals surface area contributed by atoms with Gasteiger partial charge in [-0.1, -0.05) is 0 Å². The van der Waals surface area contributed by atoms with Gasteiger partial charge in [0.15, 0.2) is 0 Å². The van der Waals surface area contributed by atoms with Crippen LogP contribution in [0.15, 0.2) is 0 Å². The molecule has 2 rings (SSSR count). The van der Waals surface area contributed by atoms with Crippen LogP contribution in [0.2, 0.25) is 0 Å². The molecule has 5 heteroatoms. The molecule has 70 valence electrons. The van der Waals surface area contributed by atoms with Gasteiger partial charge in [0.25, 0.3) is 0 Å². The largest absolute Gasteiger partial charge is 0.371 e. The molecule has 0 aliphatic carbocycles. The summed E-state index contributed by atoms with van der Waals surface area (Å²) >= 11 is 0. The van der Waals surface area contributed by atoms with Crippen LogP contribution in [0.4, 0.5) is 0 Å². The van der Waals surface area contributed by atoms with Gasteiger partial charge in [0, 0.05) is 0 Å². The van der Waals surface area contributed by atoms with E-state index in [2.05, 4.69) is 4.90 Å². The predicted molar refractivity (Wildman–Crippen MR) is 39.2 cm³/mol. The number of aliphatic hydroxyl groups is 1. The smallest absolute Gasteiger partial charge is 0.143 e. The summed E-state index contributed by atoms with van der Waals surface area (Å²) in [5.74, 6) is 0. The Morgan fingerprint density at radius 1 is 1.50 bits per heavy atom. The molecule has 5 nitrogen and oxygen atoms in total. The number of fused-ring (bicyclic) bond motifs is 1. The Bertz CT molecular complexity index is 154. The summed E-state index contributed by atoms with van der Waals surface area (Å²) < 4.78 is 15.6. The highest BCUT2D eigenvalue weighted by Crippen LogP contribution is 2.22. The van der Waals surface area contributed by atoms with Crippen LogP contribution in [-0.4, -0.2) is 55.6 Å². The Hall–Kier alpha value is -0.200. The van der Waals surface area contributed by atoms with Crippen LogP contribution >= 0.6 is 0 Å². The van der Waals surface area contributed by atoms with Crippen molar-refractivity contribution >= 4 is 0 Å².